The van der Waals surface area contributed by atoms with Gasteiger partial charge in [-0.15, -0.1) is 26.0 Å². The number of nitrogens with zero attached hydrogens (tertiary/aromatic N) is 2. The number of hydrogen-bond donors (Lipinski definition) is 4. The van der Waals surface area contributed by atoms with E-state index >= 15 is 0 Å². The average molecular weight is 565 g/mol. The zero-order chi connectivity index (χ0) is 32.1. The molecule has 0 aliphatic heterocycles. The van der Waals surface area contributed by atoms with E-state index in [0.29, 0.717) is 5.69 Å². The van der Waals surface area contributed by atoms with Gasteiger partial charge in [0.2, 0.25) is 5.91 Å². The molecule has 2 aromatic rings. The zero-order valence-corrected chi connectivity index (χ0v) is 25.5. The van der Waals surface area contributed by atoms with Crippen molar-refractivity contribution in [2.45, 2.75) is 73.8 Å². The largest absolute Gasteiger partial charge is 0.351 e. The molecule has 0 aliphatic carbocycles. The predicted octanol–water partition coefficient (Wildman–Crippen LogP) is 6.78. The van der Waals surface area contributed by atoms with Crippen LogP contribution in [0.2, 0.25) is 0 Å². The molecule has 1 aromatic heterocycles. The van der Waals surface area contributed by atoms with E-state index in [9.17, 15) is 18.4 Å². The maximum atomic E-state index is 13.6. The van der Waals surface area contributed by atoms with Gasteiger partial charge in [0.15, 0.2) is 0 Å². The first-order chi connectivity index (χ1) is 19.1. The molecule has 0 spiro atoms. The van der Waals surface area contributed by atoms with Crippen molar-refractivity contribution in [3.8, 4) is 18.5 Å². The number of amides is 3. The molecular weight excluding hydrogens is 514 g/mol. The molecule has 0 unspecified atom stereocenters. The van der Waals surface area contributed by atoms with Crippen LogP contribution in [0.4, 0.5) is 19.4 Å². The molecule has 10 heteroatoms. The fourth-order valence-electron chi connectivity index (χ4n) is 2.13. The van der Waals surface area contributed by atoms with Crippen molar-refractivity contribution in [2.24, 2.45) is 5.73 Å². The van der Waals surface area contributed by atoms with E-state index in [4.69, 9.17) is 5.73 Å². The lowest BCUT2D eigenvalue weighted by atomic mass is 10.2. The molecule has 0 aliphatic rings. The summed E-state index contributed by atoms with van der Waals surface area (Å²) in [7, 11) is 1.41. The molecule has 2 rings (SSSR count). The minimum Gasteiger partial charge on any atom is -0.351 e. The molecular formula is C30H50F2N6O2. The predicted molar refractivity (Wildman–Crippen MR) is 166 cm³/mol. The number of benzene rings is 1. The van der Waals surface area contributed by atoms with Gasteiger partial charge in [-0.3, -0.25) is 10.1 Å². The Bertz CT molecular complexity index is 959. The third-order valence-electron chi connectivity index (χ3n) is 4.04. The van der Waals surface area contributed by atoms with Gasteiger partial charge >= 0.3 is 6.03 Å². The SMILES string of the molecule is C#C.C=CCC.C=CCC.CC.CC.CNC(=O)Nc1cc(C(C)(F)F)nn1-c1cccc(CNC(=O)CN)c1. The number of terminal acetylenes is 1. The Morgan fingerprint density at radius 1 is 1.07 bits per heavy atom. The van der Waals surface area contributed by atoms with Gasteiger partial charge in [-0.05, 0) is 30.5 Å². The molecule has 226 valence electrons. The molecule has 0 fully saturated rings. The normalized spacial score (nSPS) is 8.82. The molecule has 1 heterocycles. The van der Waals surface area contributed by atoms with E-state index in [1.54, 1.807) is 24.3 Å². The van der Waals surface area contributed by atoms with Gasteiger partial charge in [0.05, 0.1) is 12.2 Å². The monoisotopic (exact) mass is 564 g/mol. The number of nitrogens with one attached hydrogen (secondary N) is 3. The highest BCUT2D eigenvalue weighted by atomic mass is 19.3. The van der Waals surface area contributed by atoms with Gasteiger partial charge in [0, 0.05) is 26.6 Å². The second-order valence-electron chi connectivity index (χ2n) is 6.96. The van der Waals surface area contributed by atoms with Crippen molar-refractivity contribution < 1.29 is 18.4 Å². The maximum Gasteiger partial charge on any atom is 0.320 e. The first kappa shape index (κ1) is 43.1. The molecule has 8 nitrogen and oxygen atoms in total. The van der Waals surface area contributed by atoms with Crippen LogP contribution in [0, 0.1) is 12.8 Å². The zero-order valence-electron chi connectivity index (χ0n) is 25.5. The number of halogens is 2. The van der Waals surface area contributed by atoms with E-state index in [1.807, 2.05) is 39.8 Å². The fourth-order valence-corrected chi connectivity index (χ4v) is 2.13. The fraction of sp³-hybridized carbons (Fsp3) is 0.433. The molecule has 0 bridgehead atoms. The van der Waals surface area contributed by atoms with Crippen LogP contribution in [0.15, 0.2) is 55.6 Å². The maximum absolute atomic E-state index is 13.6. The summed E-state index contributed by atoms with van der Waals surface area (Å²) in [5.41, 5.74) is 5.92. The summed E-state index contributed by atoms with van der Waals surface area (Å²) in [5.74, 6) is -3.40. The van der Waals surface area contributed by atoms with Gasteiger partial charge in [-0.2, -0.15) is 13.9 Å². The van der Waals surface area contributed by atoms with Crippen LogP contribution in [0.25, 0.3) is 5.69 Å². The second-order valence-corrected chi connectivity index (χ2v) is 6.96. The summed E-state index contributed by atoms with van der Waals surface area (Å²) in [6.45, 7) is 19.9. The van der Waals surface area contributed by atoms with Crippen molar-refractivity contribution in [3.63, 3.8) is 0 Å². The van der Waals surface area contributed by atoms with E-state index in [-0.39, 0.29) is 24.8 Å². The number of urea groups is 1. The molecule has 1 aromatic carbocycles. The Morgan fingerprint density at radius 2 is 1.57 bits per heavy atom. The van der Waals surface area contributed by atoms with Crippen LogP contribution in [0.1, 0.15) is 72.6 Å². The highest BCUT2D eigenvalue weighted by Crippen LogP contribution is 2.29. The van der Waals surface area contributed by atoms with E-state index < -0.39 is 17.6 Å². The highest BCUT2D eigenvalue weighted by Gasteiger charge is 2.29. The molecule has 0 atom stereocenters. The quantitative estimate of drug-likeness (QED) is 0.209. The summed E-state index contributed by atoms with van der Waals surface area (Å²) in [4.78, 5) is 22.9. The summed E-state index contributed by atoms with van der Waals surface area (Å²) < 4.78 is 28.5. The summed E-state index contributed by atoms with van der Waals surface area (Å²) in [5, 5.41) is 11.3. The minimum atomic E-state index is -3.17. The first-order valence-electron chi connectivity index (χ1n) is 13.2. The number of carbonyl (C=O) groups is 2. The molecule has 5 N–H and O–H groups in total. The van der Waals surface area contributed by atoms with Crippen LogP contribution in [-0.4, -0.2) is 35.3 Å². The topological polar surface area (TPSA) is 114 Å². The number of hydrogen-bond acceptors (Lipinski definition) is 4. The van der Waals surface area contributed by atoms with Gasteiger partial charge in [-0.25, -0.2) is 9.48 Å². The summed E-state index contributed by atoms with van der Waals surface area (Å²) in [6, 6.07) is 7.30. The Labute approximate surface area is 240 Å². The number of alkyl halides is 2. The minimum absolute atomic E-state index is 0.0871. The Balaban J connectivity index is -0.000000391. The van der Waals surface area contributed by atoms with Crippen molar-refractivity contribution in [2.75, 3.05) is 18.9 Å². The third kappa shape index (κ3) is 20.1. The standard InChI is InChI=1S/C16H20F2N6O2.2C4H8.2C2H6.C2H2/c1-16(17,18)12-7-13(22-15(26)20-2)24(23-12)11-5-3-4-10(6-11)9-21-14(25)8-19;2*1-3-4-2;3*1-2/h3-7H,8-9,19H2,1-2H3,(H,21,25)(H2,20,22,26);2*3H,1,4H2,2H3;2*1-2H3;1-2H. The summed E-state index contributed by atoms with van der Waals surface area (Å²) in [6.07, 6.45) is 13.9. The van der Waals surface area contributed by atoms with Gasteiger partial charge < -0.3 is 16.4 Å². The van der Waals surface area contributed by atoms with E-state index in [1.165, 1.54) is 11.7 Å². The van der Waals surface area contributed by atoms with Crippen LogP contribution < -0.4 is 21.7 Å². The lowest BCUT2D eigenvalue weighted by molar-refractivity contribution is -0.119. The van der Waals surface area contributed by atoms with Crippen molar-refractivity contribution >= 4 is 17.8 Å². The molecule has 40 heavy (non-hydrogen) atoms. The molecule has 0 saturated carbocycles. The van der Waals surface area contributed by atoms with Crippen LogP contribution >= 0.6 is 0 Å². The van der Waals surface area contributed by atoms with Crippen molar-refractivity contribution in [1.82, 2.24) is 20.4 Å². The van der Waals surface area contributed by atoms with Crippen molar-refractivity contribution in [3.05, 3.63) is 66.9 Å². The molecule has 0 radical (unpaired) electrons. The number of rotatable bonds is 8. The Morgan fingerprint density at radius 3 is 1.98 bits per heavy atom. The number of nitrogens with two attached hydrogens (primary N) is 1. The average Bonchev–Trinajstić information content (AvgIpc) is 3.43. The van der Waals surface area contributed by atoms with Gasteiger partial charge in [-0.1, -0.05) is 65.8 Å². The van der Waals surface area contributed by atoms with Crippen LogP contribution in [0.5, 0.6) is 0 Å². The summed E-state index contributed by atoms with van der Waals surface area (Å²) >= 11 is 0. The van der Waals surface area contributed by atoms with Crippen molar-refractivity contribution in [1.29, 1.82) is 0 Å². The van der Waals surface area contributed by atoms with E-state index in [2.05, 4.69) is 60.9 Å². The number of anilines is 1. The van der Waals surface area contributed by atoms with Gasteiger partial charge in [0.1, 0.15) is 11.5 Å². The van der Waals surface area contributed by atoms with Crippen LogP contribution in [0.3, 0.4) is 0 Å². The third-order valence-corrected chi connectivity index (χ3v) is 4.04. The van der Waals surface area contributed by atoms with Crippen LogP contribution in [-0.2, 0) is 17.3 Å². The van der Waals surface area contributed by atoms with E-state index in [0.717, 1.165) is 31.4 Å². The first-order valence-corrected chi connectivity index (χ1v) is 13.2. The lowest BCUT2D eigenvalue weighted by Gasteiger charge is -2.10. The number of aromatic nitrogens is 2. The number of carbonyl (C=O) groups excluding carboxylic acids is 2. The lowest BCUT2D eigenvalue weighted by Crippen LogP contribution is -2.29. The Kier molecular flexibility index (Phi) is 30.2. The molecule has 3 amide bonds. The number of allylic oxidation sites excluding steroid dienone is 2. The smallest absolute Gasteiger partial charge is 0.320 e. The molecule has 0 saturated heterocycles. The Hall–Kier alpha value is -3.97. The highest BCUT2D eigenvalue weighted by molar-refractivity contribution is 5.88. The van der Waals surface area contributed by atoms with Gasteiger partial charge in [0.25, 0.3) is 5.92 Å². The second kappa shape index (κ2) is 28.0.